The predicted octanol–water partition coefficient (Wildman–Crippen LogP) is 3.34. The van der Waals surface area contributed by atoms with Crippen LogP contribution in [0.4, 0.5) is 18.9 Å². The number of ether oxygens (including phenoxy) is 1. The molecule has 0 aliphatic carbocycles. The Morgan fingerprint density at radius 2 is 1.90 bits per heavy atom. The molecule has 7 heteroatoms. The highest BCUT2D eigenvalue weighted by atomic mass is 19.4. The SMILES string of the molecule is Oc1ccccc1CNc1ccc(OCC(F)(F)F)nc1. The van der Waals surface area contributed by atoms with E-state index in [0.29, 0.717) is 17.8 Å². The summed E-state index contributed by atoms with van der Waals surface area (Å²) in [6.45, 7) is -0.998. The molecule has 0 atom stereocenters. The van der Waals surface area contributed by atoms with Crippen LogP contribution in [0.2, 0.25) is 0 Å². The number of aromatic nitrogens is 1. The number of nitrogens with zero attached hydrogens (tertiary/aromatic N) is 1. The van der Waals surface area contributed by atoms with E-state index in [4.69, 9.17) is 0 Å². The highest BCUT2D eigenvalue weighted by Crippen LogP contribution is 2.20. The number of halogens is 3. The lowest BCUT2D eigenvalue weighted by atomic mass is 10.2. The van der Waals surface area contributed by atoms with E-state index in [1.807, 2.05) is 0 Å². The average Bonchev–Trinajstić information content (AvgIpc) is 2.45. The third-order valence-corrected chi connectivity index (χ3v) is 2.59. The third-order valence-electron chi connectivity index (χ3n) is 2.59. The normalized spacial score (nSPS) is 11.2. The first-order chi connectivity index (χ1) is 9.94. The Bertz CT molecular complexity index is 586. The highest BCUT2D eigenvalue weighted by Gasteiger charge is 2.28. The van der Waals surface area contributed by atoms with Crippen LogP contribution in [0.3, 0.4) is 0 Å². The van der Waals surface area contributed by atoms with Crippen LogP contribution >= 0.6 is 0 Å². The van der Waals surface area contributed by atoms with Crippen LogP contribution in [0.25, 0.3) is 0 Å². The van der Waals surface area contributed by atoms with Gasteiger partial charge in [-0.2, -0.15) is 13.2 Å². The van der Waals surface area contributed by atoms with E-state index in [2.05, 4.69) is 15.0 Å². The Morgan fingerprint density at radius 3 is 2.52 bits per heavy atom. The van der Waals surface area contributed by atoms with E-state index in [1.54, 1.807) is 30.3 Å². The Labute approximate surface area is 119 Å². The van der Waals surface area contributed by atoms with E-state index in [1.165, 1.54) is 12.3 Å². The molecule has 0 unspecified atom stereocenters. The third kappa shape index (κ3) is 4.87. The standard InChI is InChI=1S/C14H13F3N2O2/c15-14(16,17)9-21-13-6-5-11(8-19-13)18-7-10-3-1-2-4-12(10)20/h1-6,8,18,20H,7,9H2. The molecule has 0 radical (unpaired) electrons. The molecular weight excluding hydrogens is 285 g/mol. The maximum atomic E-state index is 12.0. The molecule has 0 saturated heterocycles. The maximum absolute atomic E-state index is 12.0. The van der Waals surface area contributed by atoms with Crippen LogP contribution in [0.15, 0.2) is 42.6 Å². The van der Waals surface area contributed by atoms with Gasteiger partial charge in [0.15, 0.2) is 6.61 Å². The number of rotatable bonds is 5. The Balaban J connectivity index is 1.89. The topological polar surface area (TPSA) is 54.4 Å². The number of para-hydroxylation sites is 1. The first-order valence-electron chi connectivity index (χ1n) is 6.10. The van der Waals surface area contributed by atoms with E-state index >= 15 is 0 Å². The Hall–Kier alpha value is -2.44. The monoisotopic (exact) mass is 298 g/mol. The lowest BCUT2D eigenvalue weighted by Gasteiger charge is -2.10. The molecule has 0 aliphatic rings. The van der Waals surface area contributed by atoms with Crippen LogP contribution in [0, 0.1) is 0 Å². The summed E-state index contributed by atoms with van der Waals surface area (Å²) in [6.07, 6.45) is -3.02. The van der Waals surface area contributed by atoms with Crippen molar-refractivity contribution in [2.45, 2.75) is 12.7 Å². The zero-order chi connectivity index (χ0) is 15.3. The molecule has 0 saturated carbocycles. The lowest BCUT2D eigenvalue weighted by molar-refractivity contribution is -0.154. The van der Waals surface area contributed by atoms with E-state index in [-0.39, 0.29) is 11.6 Å². The van der Waals surface area contributed by atoms with Gasteiger partial charge < -0.3 is 15.2 Å². The molecule has 2 aromatic rings. The number of alkyl halides is 3. The van der Waals surface area contributed by atoms with Gasteiger partial charge in [-0.15, -0.1) is 0 Å². The van der Waals surface area contributed by atoms with Gasteiger partial charge in [0.05, 0.1) is 11.9 Å². The number of phenolic OH excluding ortho intramolecular Hbond substituents is 1. The minimum atomic E-state index is -4.39. The molecular formula is C14H13F3N2O2. The summed E-state index contributed by atoms with van der Waals surface area (Å²) in [6, 6.07) is 9.74. The van der Waals surface area contributed by atoms with Crippen LogP contribution < -0.4 is 10.1 Å². The van der Waals surface area contributed by atoms with Gasteiger partial charge in [0.2, 0.25) is 5.88 Å². The molecule has 2 N–H and O–H groups in total. The van der Waals surface area contributed by atoms with Crippen LogP contribution in [0.5, 0.6) is 11.6 Å². The predicted molar refractivity (Wildman–Crippen MR) is 71.2 cm³/mol. The van der Waals surface area contributed by atoms with Crippen molar-refractivity contribution >= 4 is 5.69 Å². The molecule has 4 nitrogen and oxygen atoms in total. The van der Waals surface area contributed by atoms with Crippen LogP contribution in [-0.4, -0.2) is 22.9 Å². The van der Waals surface area contributed by atoms with E-state index in [9.17, 15) is 18.3 Å². The van der Waals surface area contributed by atoms with Gasteiger partial charge in [-0.3, -0.25) is 0 Å². The molecule has 1 aromatic heterocycles. The lowest BCUT2D eigenvalue weighted by Crippen LogP contribution is -2.19. The van der Waals surface area contributed by atoms with Gasteiger partial charge in [-0.25, -0.2) is 4.98 Å². The fourth-order valence-corrected chi connectivity index (χ4v) is 1.58. The summed E-state index contributed by atoms with van der Waals surface area (Å²) in [5.74, 6) is 0.0727. The molecule has 0 spiro atoms. The van der Waals surface area contributed by atoms with Crippen LogP contribution in [0.1, 0.15) is 5.56 Å². The van der Waals surface area contributed by atoms with Gasteiger partial charge in [-0.05, 0) is 12.1 Å². The Morgan fingerprint density at radius 1 is 1.14 bits per heavy atom. The molecule has 0 aliphatic heterocycles. The number of nitrogens with one attached hydrogen (secondary N) is 1. The second-order valence-corrected chi connectivity index (χ2v) is 4.27. The molecule has 1 heterocycles. The summed E-state index contributed by atoms with van der Waals surface area (Å²) >= 11 is 0. The Kier molecular flexibility index (Phi) is 4.52. The van der Waals surface area contributed by atoms with Crippen molar-refractivity contribution in [2.24, 2.45) is 0 Å². The minimum Gasteiger partial charge on any atom is -0.508 e. The van der Waals surface area contributed by atoms with Gasteiger partial charge in [-0.1, -0.05) is 18.2 Å². The highest BCUT2D eigenvalue weighted by molar-refractivity contribution is 5.44. The fraction of sp³-hybridized carbons (Fsp3) is 0.214. The van der Waals surface area contributed by atoms with E-state index in [0.717, 1.165) is 0 Å². The number of pyridine rings is 1. The van der Waals surface area contributed by atoms with Crippen molar-refractivity contribution in [2.75, 3.05) is 11.9 Å². The fourth-order valence-electron chi connectivity index (χ4n) is 1.58. The quantitative estimate of drug-likeness (QED) is 0.889. The zero-order valence-electron chi connectivity index (χ0n) is 10.9. The number of aromatic hydroxyl groups is 1. The van der Waals surface area contributed by atoms with Crippen LogP contribution in [-0.2, 0) is 6.54 Å². The molecule has 21 heavy (non-hydrogen) atoms. The van der Waals surface area contributed by atoms with Crippen molar-refractivity contribution in [1.29, 1.82) is 0 Å². The van der Waals surface area contributed by atoms with Gasteiger partial charge in [0, 0.05) is 18.2 Å². The molecule has 1 aromatic carbocycles. The smallest absolute Gasteiger partial charge is 0.422 e. The maximum Gasteiger partial charge on any atom is 0.422 e. The second kappa shape index (κ2) is 6.34. The number of hydrogen-bond acceptors (Lipinski definition) is 4. The summed E-state index contributed by atoms with van der Waals surface area (Å²) in [4.78, 5) is 3.77. The second-order valence-electron chi connectivity index (χ2n) is 4.27. The molecule has 0 fully saturated rings. The number of hydrogen-bond donors (Lipinski definition) is 2. The summed E-state index contributed by atoms with van der Waals surface area (Å²) < 4.78 is 40.4. The van der Waals surface area contributed by atoms with Gasteiger partial charge in [0.25, 0.3) is 0 Å². The number of anilines is 1. The summed E-state index contributed by atoms with van der Waals surface area (Å²) in [7, 11) is 0. The number of phenols is 1. The van der Waals surface area contributed by atoms with Gasteiger partial charge in [0.1, 0.15) is 5.75 Å². The first-order valence-corrected chi connectivity index (χ1v) is 6.10. The molecule has 0 bridgehead atoms. The molecule has 2 rings (SSSR count). The average molecular weight is 298 g/mol. The van der Waals surface area contributed by atoms with Crippen molar-refractivity contribution in [3.63, 3.8) is 0 Å². The number of benzene rings is 1. The van der Waals surface area contributed by atoms with Crippen molar-refractivity contribution in [3.05, 3.63) is 48.2 Å². The zero-order valence-corrected chi connectivity index (χ0v) is 10.9. The van der Waals surface area contributed by atoms with Gasteiger partial charge >= 0.3 is 6.18 Å². The largest absolute Gasteiger partial charge is 0.508 e. The van der Waals surface area contributed by atoms with Crippen molar-refractivity contribution < 1.29 is 23.0 Å². The van der Waals surface area contributed by atoms with E-state index < -0.39 is 12.8 Å². The summed E-state index contributed by atoms with van der Waals surface area (Å²) in [5, 5.41) is 12.6. The van der Waals surface area contributed by atoms with Crippen molar-refractivity contribution in [3.8, 4) is 11.6 Å². The molecule has 112 valence electrons. The van der Waals surface area contributed by atoms with Crippen molar-refractivity contribution in [1.82, 2.24) is 4.98 Å². The molecule has 0 amide bonds. The first kappa shape index (κ1) is 15.0. The summed E-state index contributed by atoms with van der Waals surface area (Å²) in [5.41, 5.74) is 1.31. The minimum absolute atomic E-state index is 0.0968.